The highest BCUT2D eigenvalue weighted by molar-refractivity contribution is 8.12. The molecule has 0 unspecified atom stereocenters. The molecule has 0 spiro atoms. The number of carbonyl (C=O) groups excluding carboxylic acids is 1. The van der Waals surface area contributed by atoms with E-state index in [1.54, 1.807) is 6.07 Å². The van der Waals surface area contributed by atoms with E-state index in [1.807, 2.05) is 0 Å². The molecule has 0 atom stereocenters. The van der Waals surface area contributed by atoms with E-state index in [2.05, 4.69) is 8.86 Å². The molecule has 7 nitrogen and oxygen atoms in total. The van der Waals surface area contributed by atoms with Crippen LogP contribution in [-0.2, 0) is 29.6 Å². The third-order valence-electron chi connectivity index (χ3n) is 2.10. The fourth-order valence-electron chi connectivity index (χ4n) is 1.28. The van der Waals surface area contributed by atoms with Crippen molar-refractivity contribution in [2.24, 2.45) is 0 Å². The summed E-state index contributed by atoms with van der Waals surface area (Å²) in [4.78, 5) is 10.3. The number of benzene rings is 1. The summed E-state index contributed by atoms with van der Waals surface area (Å²) in [5, 5.41) is 0. The van der Waals surface area contributed by atoms with Crippen LogP contribution < -0.4 is 0 Å². The van der Waals surface area contributed by atoms with Crippen LogP contribution in [0.15, 0.2) is 35.2 Å². The predicted molar refractivity (Wildman–Crippen MR) is 72.0 cm³/mol. The number of hydrogen-bond donors (Lipinski definition) is 0. The van der Waals surface area contributed by atoms with Crippen molar-refractivity contribution in [3.8, 4) is 0 Å². The molecule has 9 heteroatoms. The second-order valence-electron chi connectivity index (χ2n) is 3.84. The molecular weight excluding hydrogens is 306 g/mol. The molecular formula is C11H14NO6S2-. The molecule has 1 aromatic carbocycles. The fraction of sp³-hybridized carbons (Fsp3) is 0.364. The second kappa shape index (κ2) is 6.82. The van der Waals surface area contributed by atoms with Gasteiger partial charge >= 0.3 is 5.97 Å². The molecule has 112 valence electrons. The second-order valence-corrected chi connectivity index (χ2v) is 7.43. The van der Waals surface area contributed by atoms with Crippen molar-refractivity contribution in [2.45, 2.75) is 18.2 Å². The molecule has 1 aromatic rings. The van der Waals surface area contributed by atoms with Gasteiger partial charge in [0, 0.05) is 17.6 Å². The van der Waals surface area contributed by atoms with E-state index in [-0.39, 0.29) is 17.9 Å². The maximum atomic E-state index is 11.8. The lowest BCUT2D eigenvalue weighted by molar-refractivity contribution is -0.140. The van der Waals surface area contributed by atoms with Crippen molar-refractivity contribution in [3.63, 3.8) is 0 Å². The van der Waals surface area contributed by atoms with E-state index < -0.39 is 31.8 Å². The van der Waals surface area contributed by atoms with Crippen molar-refractivity contribution in [2.75, 3.05) is 12.4 Å². The van der Waals surface area contributed by atoms with Gasteiger partial charge in [-0.2, -0.15) is 0 Å². The van der Waals surface area contributed by atoms with Crippen LogP contribution in [0.5, 0.6) is 0 Å². The van der Waals surface area contributed by atoms with Gasteiger partial charge in [-0.25, -0.2) is 16.8 Å². The summed E-state index contributed by atoms with van der Waals surface area (Å²) in [7, 11) is -8.38. The first-order chi connectivity index (χ1) is 9.23. The zero-order valence-electron chi connectivity index (χ0n) is 10.7. The highest BCUT2D eigenvalue weighted by Crippen LogP contribution is 2.20. The van der Waals surface area contributed by atoms with Gasteiger partial charge in [0.05, 0.1) is 16.6 Å². The molecule has 0 aromatic heterocycles. The van der Waals surface area contributed by atoms with Crippen LogP contribution in [0.3, 0.4) is 0 Å². The molecule has 0 heterocycles. The van der Waals surface area contributed by atoms with E-state index in [0.717, 1.165) is 0 Å². The Morgan fingerprint density at radius 2 is 1.75 bits per heavy atom. The number of rotatable bonds is 7. The summed E-state index contributed by atoms with van der Waals surface area (Å²) in [6, 6.07) is 7.05. The van der Waals surface area contributed by atoms with E-state index in [0.29, 0.717) is 0 Å². The third-order valence-corrected chi connectivity index (χ3v) is 5.47. The Labute approximate surface area is 118 Å². The van der Waals surface area contributed by atoms with E-state index in [1.165, 1.54) is 31.2 Å². The third kappa shape index (κ3) is 5.68. The Kier molecular flexibility index (Phi) is 5.66. The van der Waals surface area contributed by atoms with Crippen LogP contribution in [-0.4, -0.2) is 35.2 Å². The zero-order valence-corrected chi connectivity index (χ0v) is 12.4. The lowest BCUT2D eigenvalue weighted by Crippen LogP contribution is -2.13. The van der Waals surface area contributed by atoms with Gasteiger partial charge in [-0.3, -0.25) is 4.79 Å². The molecule has 1 rings (SSSR count). The van der Waals surface area contributed by atoms with Crippen LogP contribution in [0.2, 0.25) is 0 Å². The number of nitrogens with zero attached hydrogens (tertiary/aromatic N) is 1. The summed E-state index contributed by atoms with van der Waals surface area (Å²) in [5.41, 5.74) is 0. The molecule has 0 aliphatic heterocycles. The minimum absolute atomic E-state index is 0.0181. The lowest BCUT2D eigenvalue weighted by atomic mass is 10.4. The Bertz CT molecular complexity index is 651. The number of ether oxygens (including phenoxy) is 1. The Morgan fingerprint density at radius 3 is 2.30 bits per heavy atom. The van der Waals surface area contributed by atoms with Gasteiger partial charge in [0.25, 0.3) is 0 Å². The van der Waals surface area contributed by atoms with Crippen molar-refractivity contribution in [1.82, 2.24) is 0 Å². The molecule has 20 heavy (non-hydrogen) atoms. The monoisotopic (exact) mass is 320 g/mol. The van der Waals surface area contributed by atoms with Gasteiger partial charge in [0.2, 0.25) is 0 Å². The van der Waals surface area contributed by atoms with Gasteiger partial charge in [0.1, 0.15) is 10.0 Å². The number of carbonyl (C=O) groups is 1. The van der Waals surface area contributed by atoms with Gasteiger partial charge in [-0.05, 0) is 18.6 Å². The van der Waals surface area contributed by atoms with Crippen molar-refractivity contribution in [3.05, 3.63) is 34.5 Å². The fourth-order valence-corrected chi connectivity index (χ4v) is 4.10. The highest BCUT2D eigenvalue weighted by Gasteiger charge is 2.10. The first kappa shape index (κ1) is 16.6. The summed E-state index contributed by atoms with van der Waals surface area (Å²) in [5.74, 6) is -1.04. The van der Waals surface area contributed by atoms with E-state index in [9.17, 15) is 21.6 Å². The van der Waals surface area contributed by atoms with Crippen molar-refractivity contribution in [1.29, 1.82) is 0 Å². The standard InChI is InChI=1S/C11H14NO6S2/c1-10(13)18-8-5-9-19(14,15)12-20(16,17)11-6-3-2-4-7-11/h2-4,6-7H,5,8-9H2,1H3/q-1. The van der Waals surface area contributed by atoms with Crippen LogP contribution in [0.4, 0.5) is 0 Å². The molecule has 0 fully saturated rings. The SMILES string of the molecule is CC(=O)OCCCS(=O)(=O)[N-]S(=O)(=O)c1ccccc1. The average Bonchev–Trinajstić information content (AvgIpc) is 2.34. The molecule has 0 saturated carbocycles. The Hall–Kier alpha value is -1.45. The van der Waals surface area contributed by atoms with Crippen molar-refractivity contribution >= 4 is 26.0 Å². The van der Waals surface area contributed by atoms with Crippen LogP contribution in [0, 0.1) is 0 Å². The first-order valence-corrected chi connectivity index (χ1v) is 8.68. The molecule has 0 bridgehead atoms. The smallest absolute Gasteiger partial charge is 0.302 e. The lowest BCUT2D eigenvalue weighted by Gasteiger charge is -2.20. The molecule has 0 amide bonds. The summed E-state index contributed by atoms with van der Waals surface area (Å²) < 4.78 is 54.2. The molecule has 0 saturated heterocycles. The predicted octanol–water partition coefficient (Wildman–Crippen LogP) is 1.03. The maximum Gasteiger partial charge on any atom is 0.302 e. The molecule has 0 N–H and O–H groups in total. The number of esters is 1. The zero-order chi connectivity index (χ0) is 15.2. The Balaban J connectivity index is 2.64. The average molecular weight is 320 g/mol. The molecule has 0 aliphatic rings. The Morgan fingerprint density at radius 1 is 1.15 bits per heavy atom. The highest BCUT2D eigenvalue weighted by atomic mass is 32.3. The number of hydrogen-bond acceptors (Lipinski definition) is 6. The van der Waals surface area contributed by atoms with E-state index in [4.69, 9.17) is 0 Å². The summed E-state index contributed by atoms with van der Waals surface area (Å²) in [6.45, 7) is 1.09. The number of sulfonamides is 2. The van der Waals surface area contributed by atoms with Crippen LogP contribution >= 0.6 is 0 Å². The van der Waals surface area contributed by atoms with Gasteiger partial charge in [-0.15, -0.1) is 0 Å². The first-order valence-electron chi connectivity index (χ1n) is 5.63. The van der Waals surface area contributed by atoms with Crippen LogP contribution in [0.1, 0.15) is 13.3 Å². The maximum absolute atomic E-state index is 11.8. The summed E-state index contributed by atoms with van der Waals surface area (Å²) in [6.07, 6.45) is -0.0181. The summed E-state index contributed by atoms with van der Waals surface area (Å²) >= 11 is 0. The van der Waals surface area contributed by atoms with Gasteiger partial charge < -0.3 is 8.86 Å². The largest absolute Gasteiger partial charge is 0.466 e. The normalized spacial score (nSPS) is 12.1. The minimum Gasteiger partial charge on any atom is -0.466 e. The van der Waals surface area contributed by atoms with Gasteiger partial charge in [0.15, 0.2) is 0 Å². The van der Waals surface area contributed by atoms with Crippen LogP contribution in [0.25, 0.3) is 4.13 Å². The van der Waals surface area contributed by atoms with E-state index >= 15 is 0 Å². The minimum atomic E-state index is -4.24. The molecule has 0 aliphatic carbocycles. The van der Waals surface area contributed by atoms with Gasteiger partial charge in [-0.1, -0.05) is 18.2 Å². The molecule has 0 radical (unpaired) electrons. The quantitative estimate of drug-likeness (QED) is 0.548. The van der Waals surface area contributed by atoms with Crippen molar-refractivity contribution < 1.29 is 26.4 Å². The topological polar surface area (TPSA) is 109 Å².